The van der Waals surface area contributed by atoms with E-state index in [1.165, 1.54) is 11.3 Å². The molecule has 1 aromatic rings. The van der Waals surface area contributed by atoms with Crippen LogP contribution in [0.4, 0.5) is 5.13 Å². The Kier molecular flexibility index (Phi) is 5.84. The van der Waals surface area contributed by atoms with Gasteiger partial charge in [-0.15, -0.1) is 16.7 Å². The van der Waals surface area contributed by atoms with Gasteiger partial charge in [-0.3, -0.25) is 14.9 Å². The van der Waals surface area contributed by atoms with Gasteiger partial charge in [0.1, 0.15) is 11.7 Å². The summed E-state index contributed by atoms with van der Waals surface area (Å²) in [5.74, 6) is 0.598. The minimum atomic E-state index is -0.470. The van der Waals surface area contributed by atoms with Crippen molar-refractivity contribution in [3.63, 3.8) is 0 Å². The maximum atomic E-state index is 13.4. The molecule has 0 spiro atoms. The van der Waals surface area contributed by atoms with E-state index < -0.39 is 4.65 Å². The number of rotatable bonds is 7. The molecule has 2 saturated heterocycles. The van der Waals surface area contributed by atoms with E-state index in [-0.39, 0.29) is 12.3 Å². The number of nitrogens with zero attached hydrogens (tertiary/aromatic N) is 4. The molecule has 1 aromatic heterocycles. The third-order valence-electron chi connectivity index (χ3n) is 4.35. The van der Waals surface area contributed by atoms with Crippen LogP contribution in [-0.2, 0) is 11.2 Å². The van der Waals surface area contributed by atoms with Crippen molar-refractivity contribution in [2.45, 2.75) is 38.0 Å². The number of aryl methyl sites for hydroxylation is 1. The second kappa shape index (κ2) is 7.69. The molecule has 3 heterocycles. The average molecular weight is 362 g/mol. The summed E-state index contributed by atoms with van der Waals surface area (Å²) in [6.45, 7) is 2.65. The highest BCUT2D eigenvalue weighted by molar-refractivity contribution is 7.15. The first kappa shape index (κ1) is 17.5. The molecule has 3 atom stereocenters. The van der Waals surface area contributed by atoms with Gasteiger partial charge in [-0.25, -0.2) is 0 Å². The third-order valence-corrected chi connectivity index (χ3v) is 5.71. The van der Waals surface area contributed by atoms with E-state index in [9.17, 15) is 5.21 Å². The molecule has 2 fully saturated rings. The van der Waals surface area contributed by atoms with Crippen molar-refractivity contribution in [2.75, 3.05) is 39.3 Å². The summed E-state index contributed by atoms with van der Waals surface area (Å²) >= 11 is 7.13. The Morgan fingerprint density at radius 1 is 1.52 bits per heavy atom. The number of halogens is 1. The zero-order valence-corrected chi connectivity index (χ0v) is 15.0. The van der Waals surface area contributed by atoms with E-state index >= 15 is 0 Å². The topological polar surface area (TPSA) is 73.3 Å². The number of likely N-dealkylation sites (N-methyl/N-ethyl adjacent to an activating group) is 1. The van der Waals surface area contributed by atoms with E-state index in [0.717, 1.165) is 43.8 Å². The van der Waals surface area contributed by atoms with Crippen LogP contribution in [0.2, 0.25) is 0 Å². The summed E-state index contributed by atoms with van der Waals surface area (Å²) in [6, 6.07) is 0. The second-order valence-corrected chi connectivity index (χ2v) is 7.72. The van der Waals surface area contributed by atoms with Crippen LogP contribution in [0.15, 0.2) is 0 Å². The monoisotopic (exact) mass is 361 g/mol. The molecule has 9 heteroatoms. The highest BCUT2D eigenvalue weighted by Gasteiger charge is 2.42. The van der Waals surface area contributed by atoms with Crippen molar-refractivity contribution in [3.05, 3.63) is 10.2 Å². The van der Waals surface area contributed by atoms with E-state index in [4.69, 9.17) is 16.3 Å². The first-order valence-corrected chi connectivity index (χ1v) is 9.48. The van der Waals surface area contributed by atoms with E-state index in [0.29, 0.717) is 24.2 Å². The Morgan fingerprint density at radius 3 is 3.13 bits per heavy atom. The van der Waals surface area contributed by atoms with Crippen LogP contribution in [0.25, 0.3) is 0 Å². The third kappa shape index (κ3) is 4.01. The predicted octanol–water partition coefficient (Wildman–Crippen LogP) is 1.51. The van der Waals surface area contributed by atoms with Crippen molar-refractivity contribution in [3.8, 4) is 0 Å². The lowest BCUT2D eigenvalue weighted by atomic mass is 10.2. The molecule has 130 valence electrons. The van der Waals surface area contributed by atoms with Crippen LogP contribution in [0.3, 0.4) is 0 Å². The summed E-state index contributed by atoms with van der Waals surface area (Å²) in [6.07, 6.45) is 3.81. The Bertz CT molecular complexity index is 513. The van der Waals surface area contributed by atoms with Crippen molar-refractivity contribution >= 4 is 28.1 Å². The summed E-state index contributed by atoms with van der Waals surface area (Å²) in [4.78, 5) is 2.04. The number of alkyl halides is 1. The van der Waals surface area contributed by atoms with Gasteiger partial charge in [0.05, 0.1) is 12.6 Å². The second-order valence-electron chi connectivity index (χ2n) is 6.31. The lowest BCUT2D eigenvalue weighted by Gasteiger charge is -2.39. The highest BCUT2D eigenvalue weighted by atomic mass is 35.5. The van der Waals surface area contributed by atoms with Gasteiger partial charge in [0.2, 0.25) is 0 Å². The van der Waals surface area contributed by atoms with Gasteiger partial charge in [-0.2, -0.15) is 0 Å². The lowest BCUT2D eigenvalue weighted by molar-refractivity contribution is 0.103. The number of hydroxylamine groups is 2. The van der Waals surface area contributed by atoms with E-state index in [1.807, 2.05) is 11.9 Å². The maximum Gasteiger partial charge on any atom is 0.309 e. The van der Waals surface area contributed by atoms with Crippen LogP contribution in [0.5, 0.6) is 0 Å². The lowest BCUT2D eigenvalue weighted by Crippen LogP contribution is -2.57. The predicted molar refractivity (Wildman–Crippen MR) is 92.4 cm³/mol. The molecule has 2 aliphatic rings. The van der Waals surface area contributed by atoms with Gasteiger partial charge in [0, 0.05) is 25.5 Å². The summed E-state index contributed by atoms with van der Waals surface area (Å²) < 4.78 is 5.17. The quantitative estimate of drug-likeness (QED) is 0.451. The SMILES string of the molecule is CN1CC(NCC2CCCO2)[N+]([O-])(c2nnc(CCCCl)s2)C1. The summed E-state index contributed by atoms with van der Waals surface area (Å²) in [5, 5.41) is 26.6. The summed E-state index contributed by atoms with van der Waals surface area (Å²) in [7, 11) is 1.97. The molecule has 3 rings (SSSR count). The molecule has 2 aliphatic heterocycles. The Morgan fingerprint density at radius 2 is 2.39 bits per heavy atom. The van der Waals surface area contributed by atoms with Gasteiger partial charge in [0.15, 0.2) is 6.17 Å². The van der Waals surface area contributed by atoms with Crippen molar-refractivity contribution < 1.29 is 4.74 Å². The molecule has 3 unspecified atom stereocenters. The highest BCUT2D eigenvalue weighted by Crippen LogP contribution is 2.32. The van der Waals surface area contributed by atoms with Gasteiger partial charge in [-0.1, -0.05) is 5.10 Å². The van der Waals surface area contributed by atoms with Gasteiger partial charge < -0.3 is 9.94 Å². The van der Waals surface area contributed by atoms with E-state index in [1.54, 1.807) is 0 Å². The largest absolute Gasteiger partial charge is 0.623 e. The Balaban J connectivity index is 1.67. The number of quaternary nitrogens is 1. The van der Waals surface area contributed by atoms with Gasteiger partial charge in [0.25, 0.3) is 0 Å². The van der Waals surface area contributed by atoms with Crippen LogP contribution in [0, 0.1) is 5.21 Å². The Hall–Kier alpha value is -0.350. The zero-order chi connectivity index (χ0) is 16.3. The van der Waals surface area contributed by atoms with Gasteiger partial charge >= 0.3 is 5.13 Å². The van der Waals surface area contributed by atoms with Crippen LogP contribution < -0.4 is 9.96 Å². The van der Waals surface area contributed by atoms with Crippen LogP contribution in [-0.4, -0.2) is 66.7 Å². The standard InChI is InChI=1S/C14H24ClN5O2S/c1-19-9-12(16-8-11-4-3-7-22-11)20(21,10-19)14-18-17-13(23-14)5-2-6-15/h11-12,16H,2-10H2,1H3. The fraction of sp³-hybridized carbons (Fsp3) is 0.857. The number of nitrogens with one attached hydrogen (secondary N) is 1. The summed E-state index contributed by atoms with van der Waals surface area (Å²) in [5.41, 5.74) is 0. The zero-order valence-electron chi connectivity index (χ0n) is 13.4. The van der Waals surface area contributed by atoms with E-state index in [2.05, 4.69) is 15.5 Å². The van der Waals surface area contributed by atoms with Crippen LogP contribution in [0.1, 0.15) is 24.3 Å². The number of hydrogen-bond acceptors (Lipinski definition) is 7. The van der Waals surface area contributed by atoms with Crippen molar-refractivity contribution in [1.82, 2.24) is 25.1 Å². The average Bonchev–Trinajstić information content (AvgIpc) is 3.24. The number of hydrogen-bond donors (Lipinski definition) is 1. The molecule has 0 aliphatic carbocycles. The number of ether oxygens (including phenoxy) is 1. The molecule has 0 amide bonds. The molecule has 0 radical (unpaired) electrons. The molecule has 1 N–H and O–H groups in total. The minimum Gasteiger partial charge on any atom is -0.623 e. The molecule has 0 bridgehead atoms. The molecular formula is C14H24ClN5O2S. The molecular weight excluding hydrogens is 338 g/mol. The van der Waals surface area contributed by atoms with Crippen LogP contribution >= 0.6 is 22.9 Å². The first-order valence-electron chi connectivity index (χ1n) is 8.13. The Labute approximate surface area is 145 Å². The van der Waals surface area contributed by atoms with Crippen molar-refractivity contribution in [1.29, 1.82) is 0 Å². The fourth-order valence-corrected chi connectivity index (χ4v) is 4.23. The van der Waals surface area contributed by atoms with Crippen molar-refractivity contribution in [2.24, 2.45) is 0 Å². The number of aromatic nitrogens is 2. The molecule has 7 nitrogen and oxygen atoms in total. The first-order chi connectivity index (χ1) is 11.1. The molecule has 23 heavy (non-hydrogen) atoms. The normalized spacial score (nSPS) is 32.0. The van der Waals surface area contributed by atoms with Gasteiger partial charge in [-0.05, 0) is 37.6 Å². The molecule has 0 aromatic carbocycles. The fourth-order valence-electron chi connectivity index (χ4n) is 3.14. The minimum absolute atomic E-state index is 0.224. The molecule has 0 saturated carbocycles. The maximum absolute atomic E-state index is 13.4. The smallest absolute Gasteiger partial charge is 0.309 e.